The van der Waals surface area contributed by atoms with E-state index in [1.807, 2.05) is 13.0 Å². The average Bonchev–Trinajstić information content (AvgIpc) is 2.79. The highest BCUT2D eigenvalue weighted by Crippen LogP contribution is 2.28. The predicted octanol–water partition coefficient (Wildman–Crippen LogP) is 2.09. The smallest absolute Gasteiger partial charge is 0.271 e. The number of ether oxygens (including phenoxy) is 3. The Morgan fingerprint density at radius 1 is 1.10 bits per heavy atom. The largest absolute Gasteiger partial charge is 0.490 e. The summed E-state index contributed by atoms with van der Waals surface area (Å²) in [5, 5.41) is 3.99. The molecule has 158 valence electrons. The van der Waals surface area contributed by atoms with Crippen LogP contribution in [0.1, 0.15) is 22.8 Å². The van der Waals surface area contributed by atoms with Crippen molar-refractivity contribution < 1.29 is 23.8 Å². The second-order valence-electron chi connectivity index (χ2n) is 6.49. The van der Waals surface area contributed by atoms with Crippen molar-refractivity contribution in [1.29, 1.82) is 0 Å². The van der Waals surface area contributed by atoms with Crippen LogP contribution in [0.25, 0.3) is 0 Å². The van der Waals surface area contributed by atoms with Crippen LogP contribution in [0, 0.1) is 0 Å². The van der Waals surface area contributed by atoms with Crippen molar-refractivity contribution in [2.75, 3.05) is 39.5 Å². The minimum absolute atomic E-state index is 0.0688. The highest BCUT2D eigenvalue weighted by Gasteiger charge is 2.18. The summed E-state index contributed by atoms with van der Waals surface area (Å²) in [5.41, 5.74) is 3.74. The van der Waals surface area contributed by atoms with Crippen LogP contribution < -0.4 is 14.9 Å². The first-order valence-corrected chi connectivity index (χ1v) is 9.81. The molecule has 2 aromatic rings. The van der Waals surface area contributed by atoms with Gasteiger partial charge in [0.1, 0.15) is 0 Å². The van der Waals surface area contributed by atoms with Crippen LogP contribution in [0.2, 0.25) is 0 Å². The molecule has 0 aliphatic carbocycles. The maximum Gasteiger partial charge on any atom is 0.271 e. The number of amides is 2. The molecule has 0 saturated carbocycles. The van der Waals surface area contributed by atoms with Gasteiger partial charge in [0.15, 0.2) is 18.1 Å². The first-order valence-electron chi connectivity index (χ1n) is 9.81. The van der Waals surface area contributed by atoms with E-state index in [1.165, 1.54) is 6.21 Å². The first-order chi connectivity index (χ1) is 14.7. The Balaban J connectivity index is 1.59. The van der Waals surface area contributed by atoms with Crippen LogP contribution in [0.3, 0.4) is 0 Å². The second kappa shape index (κ2) is 11.0. The minimum atomic E-state index is -0.293. The molecule has 2 aromatic carbocycles. The molecule has 0 unspecified atom stereocenters. The van der Waals surface area contributed by atoms with Gasteiger partial charge < -0.3 is 19.1 Å². The standard InChI is InChI=1S/C22H25N3O5/c1-2-29-20-14-17(15-23-24-22(27)18-6-4-3-5-7-18)8-9-19(20)30-16-21(26)25-10-12-28-13-11-25/h3-9,14-15H,2,10-13,16H2,1H3,(H,24,27)/b23-15+. The number of carbonyl (C=O) groups is 2. The van der Waals surface area contributed by atoms with Crippen LogP contribution >= 0.6 is 0 Å². The lowest BCUT2D eigenvalue weighted by atomic mass is 10.2. The van der Waals surface area contributed by atoms with E-state index >= 15 is 0 Å². The third-order valence-corrected chi connectivity index (χ3v) is 4.40. The zero-order valence-electron chi connectivity index (χ0n) is 16.9. The van der Waals surface area contributed by atoms with E-state index < -0.39 is 0 Å². The van der Waals surface area contributed by atoms with E-state index in [4.69, 9.17) is 14.2 Å². The van der Waals surface area contributed by atoms with Crippen LogP contribution in [0.4, 0.5) is 0 Å². The summed E-state index contributed by atoms with van der Waals surface area (Å²) in [5.74, 6) is 0.600. The lowest BCUT2D eigenvalue weighted by Crippen LogP contribution is -2.43. The SMILES string of the molecule is CCOc1cc(/C=N/NC(=O)c2ccccc2)ccc1OCC(=O)N1CCOCC1. The molecule has 1 heterocycles. The van der Waals surface area contributed by atoms with Gasteiger partial charge in [-0.3, -0.25) is 9.59 Å². The number of nitrogens with zero attached hydrogens (tertiary/aromatic N) is 2. The molecule has 1 aliphatic heterocycles. The Kier molecular flexibility index (Phi) is 7.79. The molecule has 2 amide bonds. The number of hydrogen-bond donors (Lipinski definition) is 1. The molecular formula is C22H25N3O5. The fourth-order valence-electron chi connectivity index (χ4n) is 2.86. The molecule has 8 heteroatoms. The molecule has 0 aromatic heterocycles. The fourth-order valence-corrected chi connectivity index (χ4v) is 2.86. The van der Waals surface area contributed by atoms with Crippen molar-refractivity contribution in [3.05, 3.63) is 59.7 Å². The molecule has 0 spiro atoms. The van der Waals surface area contributed by atoms with E-state index in [9.17, 15) is 9.59 Å². The molecule has 1 fully saturated rings. The van der Waals surface area contributed by atoms with Crippen LogP contribution in [0.5, 0.6) is 11.5 Å². The number of nitrogens with one attached hydrogen (secondary N) is 1. The molecule has 1 aliphatic rings. The molecule has 0 radical (unpaired) electrons. The Bertz CT molecular complexity index is 880. The van der Waals surface area contributed by atoms with Crippen molar-refractivity contribution in [3.8, 4) is 11.5 Å². The maximum atomic E-state index is 12.3. The third-order valence-electron chi connectivity index (χ3n) is 4.40. The predicted molar refractivity (Wildman–Crippen MR) is 112 cm³/mol. The van der Waals surface area contributed by atoms with Gasteiger partial charge in [-0.15, -0.1) is 0 Å². The van der Waals surface area contributed by atoms with Gasteiger partial charge in [-0.05, 0) is 42.8 Å². The number of morpholine rings is 1. The van der Waals surface area contributed by atoms with Crippen molar-refractivity contribution in [2.45, 2.75) is 6.92 Å². The van der Waals surface area contributed by atoms with Gasteiger partial charge in [-0.2, -0.15) is 5.10 Å². The summed E-state index contributed by atoms with van der Waals surface area (Å²) < 4.78 is 16.6. The van der Waals surface area contributed by atoms with Crippen molar-refractivity contribution in [3.63, 3.8) is 0 Å². The summed E-state index contributed by atoms with van der Waals surface area (Å²) >= 11 is 0. The number of carbonyl (C=O) groups excluding carboxylic acids is 2. The van der Waals surface area contributed by atoms with Gasteiger partial charge in [0, 0.05) is 18.7 Å². The molecule has 0 bridgehead atoms. The molecule has 0 atom stereocenters. The van der Waals surface area contributed by atoms with E-state index in [0.717, 1.165) is 5.56 Å². The fraction of sp³-hybridized carbons (Fsp3) is 0.318. The minimum Gasteiger partial charge on any atom is -0.490 e. The molecular weight excluding hydrogens is 386 g/mol. The molecule has 1 N–H and O–H groups in total. The van der Waals surface area contributed by atoms with Gasteiger partial charge in [0.2, 0.25) is 0 Å². The van der Waals surface area contributed by atoms with Crippen molar-refractivity contribution in [1.82, 2.24) is 10.3 Å². The lowest BCUT2D eigenvalue weighted by Gasteiger charge is -2.26. The van der Waals surface area contributed by atoms with E-state index in [1.54, 1.807) is 47.4 Å². The first kappa shape index (κ1) is 21.3. The quantitative estimate of drug-likeness (QED) is 0.531. The zero-order valence-corrected chi connectivity index (χ0v) is 16.9. The Morgan fingerprint density at radius 2 is 1.87 bits per heavy atom. The van der Waals surface area contributed by atoms with E-state index in [0.29, 0.717) is 50.0 Å². The van der Waals surface area contributed by atoms with Gasteiger partial charge in [-0.1, -0.05) is 18.2 Å². The van der Waals surface area contributed by atoms with Crippen molar-refractivity contribution in [2.24, 2.45) is 5.10 Å². The number of hydrazone groups is 1. The highest BCUT2D eigenvalue weighted by molar-refractivity contribution is 5.94. The number of rotatable bonds is 8. The monoisotopic (exact) mass is 411 g/mol. The average molecular weight is 411 g/mol. The van der Waals surface area contributed by atoms with Crippen molar-refractivity contribution >= 4 is 18.0 Å². The Morgan fingerprint density at radius 3 is 2.60 bits per heavy atom. The van der Waals surface area contributed by atoms with Gasteiger partial charge in [0.05, 0.1) is 26.0 Å². The van der Waals surface area contributed by atoms with Crippen LogP contribution in [0.15, 0.2) is 53.6 Å². The summed E-state index contributed by atoms with van der Waals surface area (Å²) in [4.78, 5) is 26.0. The third kappa shape index (κ3) is 6.05. The number of benzene rings is 2. The highest BCUT2D eigenvalue weighted by atomic mass is 16.5. The van der Waals surface area contributed by atoms with Crippen LogP contribution in [-0.2, 0) is 9.53 Å². The normalized spacial score (nSPS) is 13.8. The molecule has 3 rings (SSSR count). The van der Waals surface area contributed by atoms with Gasteiger partial charge in [-0.25, -0.2) is 5.43 Å². The van der Waals surface area contributed by atoms with E-state index in [-0.39, 0.29) is 18.4 Å². The second-order valence-corrected chi connectivity index (χ2v) is 6.49. The topological polar surface area (TPSA) is 89.5 Å². The maximum absolute atomic E-state index is 12.3. The summed E-state index contributed by atoms with van der Waals surface area (Å²) in [6.45, 7) is 4.48. The van der Waals surface area contributed by atoms with Gasteiger partial charge >= 0.3 is 0 Å². The summed E-state index contributed by atoms with van der Waals surface area (Å²) in [6.07, 6.45) is 1.52. The Hall–Kier alpha value is -3.39. The summed E-state index contributed by atoms with van der Waals surface area (Å²) in [6, 6.07) is 14.1. The molecule has 8 nitrogen and oxygen atoms in total. The Labute approximate surface area is 175 Å². The van der Waals surface area contributed by atoms with E-state index in [2.05, 4.69) is 10.5 Å². The van der Waals surface area contributed by atoms with Gasteiger partial charge in [0.25, 0.3) is 11.8 Å². The van der Waals surface area contributed by atoms with Crippen LogP contribution in [-0.4, -0.2) is 62.4 Å². The zero-order chi connectivity index (χ0) is 21.2. The molecule has 1 saturated heterocycles. The lowest BCUT2D eigenvalue weighted by molar-refractivity contribution is -0.137. The number of hydrogen-bond acceptors (Lipinski definition) is 6. The summed E-state index contributed by atoms with van der Waals surface area (Å²) in [7, 11) is 0. The molecule has 30 heavy (non-hydrogen) atoms.